The van der Waals surface area contributed by atoms with Gasteiger partial charge in [-0.3, -0.25) is 9.69 Å². The number of rotatable bonds is 6. The normalized spacial score (nSPS) is 14.8. The molecule has 0 bridgehead atoms. The number of halogens is 1. The number of morpholine rings is 1. The minimum Gasteiger partial charge on any atom is -0.496 e. The fourth-order valence-corrected chi connectivity index (χ4v) is 3.16. The van der Waals surface area contributed by atoms with Gasteiger partial charge in [0.05, 0.1) is 25.9 Å². The van der Waals surface area contributed by atoms with Gasteiger partial charge in [-0.05, 0) is 29.3 Å². The van der Waals surface area contributed by atoms with Crippen LogP contribution in [0.1, 0.15) is 21.5 Å². The number of amides is 1. The standard InChI is InChI=1S/C20H23ClN2O3/c1-25-19-6-5-17(21)12-18(19)20(24)22-13-15-3-2-4-16(11-15)14-23-7-9-26-10-8-23/h2-6,11-12H,7-10,13-14H2,1H3,(H,22,24). The van der Waals surface area contributed by atoms with Gasteiger partial charge in [-0.15, -0.1) is 0 Å². The number of nitrogens with zero attached hydrogens (tertiary/aromatic N) is 1. The highest BCUT2D eigenvalue weighted by atomic mass is 35.5. The number of carbonyl (C=O) groups excluding carboxylic acids is 1. The lowest BCUT2D eigenvalue weighted by Gasteiger charge is -2.26. The second-order valence-corrected chi connectivity index (χ2v) is 6.67. The molecule has 0 radical (unpaired) electrons. The lowest BCUT2D eigenvalue weighted by Crippen LogP contribution is -2.35. The van der Waals surface area contributed by atoms with E-state index < -0.39 is 0 Å². The van der Waals surface area contributed by atoms with Gasteiger partial charge in [0.15, 0.2) is 0 Å². The Kier molecular flexibility index (Phi) is 6.50. The quantitative estimate of drug-likeness (QED) is 0.844. The molecule has 6 heteroatoms. The summed E-state index contributed by atoms with van der Waals surface area (Å²) in [5.41, 5.74) is 2.73. The van der Waals surface area contributed by atoms with Crippen LogP contribution >= 0.6 is 11.6 Å². The lowest BCUT2D eigenvalue weighted by atomic mass is 10.1. The number of carbonyl (C=O) groups is 1. The zero-order valence-electron chi connectivity index (χ0n) is 14.8. The zero-order valence-corrected chi connectivity index (χ0v) is 15.6. The first-order valence-corrected chi connectivity index (χ1v) is 9.03. The van der Waals surface area contributed by atoms with Gasteiger partial charge in [-0.25, -0.2) is 0 Å². The van der Waals surface area contributed by atoms with E-state index in [2.05, 4.69) is 22.3 Å². The lowest BCUT2D eigenvalue weighted by molar-refractivity contribution is 0.0342. The monoisotopic (exact) mass is 374 g/mol. The van der Waals surface area contributed by atoms with E-state index in [0.717, 1.165) is 38.4 Å². The van der Waals surface area contributed by atoms with E-state index in [1.165, 1.54) is 12.7 Å². The Hall–Kier alpha value is -2.08. The van der Waals surface area contributed by atoms with Gasteiger partial charge in [0, 0.05) is 31.2 Å². The molecular weight excluding hydrogens is 352 g/mol. The Morgan fingerprint density at radius 2 is 1.96 bits per heavy atom. The molecule has 1 saturated heterocycles. The summed E-state index contributed by atoms with van der Waals surface area (Å²) in [5, 5.41) is 3.44. The summed E-state index contributed by atoms with van der Waals surface area (Å²) in [7, 11) is 1.54. The number of methoxy groups -OCH3 is 1. The number of benzene rings is 2. The van der Waals surface area contributed by atoms with Crippen LogP contribution in [-0.2, 0) is 17.8 Å². The Bertz CT molecular complexity index is 760. The number of nitrogens with one attached hydrogen (secondary N) is 1. The van der Waals surface area contributed by atoms with E-state index in [-0.39, 0.29) is 5.91 Å². The summed E-state index contributed by atoms with van der Waals surface area (Å²) in [6, 6.07) is 13.3. The first kappa shape index (κ1) is 18.7. The highest BCUT2D eigenvalue weighted by Crippen LogP contribution is 2.22. The Morgan fingerprint density at radius 1 is 1.19 bits per heavy atom. The van der Waals surface area contributed by atoms with E-state index in [4.69, 9.17) is 21.1 Å². The molecule has 2 aromatic carbocycles. The van der Waals surface area contributed by atoms with Crippen molar-refractivity contribution in [3.63, 3.8) is 0 Å². The third-order valence-corrected chi connectivity index (χ3v) is 4.60. The van der Waals surface area contributed by atoms with Crippen LogP contribution in [0.15, 0.2) is 42.5 Å². The van der Waals surface area contributed by atoms with Crippen LogP contribution in [0.2, 0.25) is 5.02 Å². The van der Waals surface area contributed by atoms with Crippen LogP contribution in [-0.4, -0.2) is 44.2 Å². The van der Waals surface area contributed by atoms with Gasteiger partial charge >= 0.3 is 0 Å². The third kappa shape index (κ3) is 4.97. The summed E-state index contributed by atoms with van der Waals surface area (Å²) in [4.78, 5) is 14.9. The van der Waals surface area contributed by atoms with Crippen LogP contribution < -0.4 is 10.1 Å². The average molecular weight is 375 g/mol. The first-order chi connectivity index (χ1) is 12.7. The predicted molar refractivity (Wildman–Crippen MR) is 102 cm³/mol. The van der Waals surface area contributed by atoms with Crippen molar-refractivity contribution in [3.05, 3.63) is 64.2 Å². The van der Waals surface area contributed by atoms with E-state index in [0.29, 0.717) is 22.9 Å². The summed E-state index contributed by atoms with van der Waals surface area (Å²) in [6.45, 7) is 4.83. The summed E-state index contributed by atoms with van der Waals surface area (Å²) in [6.07, 6.45) is 0. The maximum atomic E-state index is 12.5. The second kappa shape index (κ2) is 9.03. The number of hydrogen-bond acceptors (Lipinski definition) is 4. The second-order valence-electron chi connectivity index (χ2n) is 6.24. The molecule has 5 nitrogen and oxygen atoms in total. The maximum Gasteiger partial charge on any atom is 0.255 e. The molecule has 0 atom stereocenters. The van der Waals surface area contributed by atoms with Crippen molar-refractivity contribution in [1.82, 2.24) is 10.2 Å². The molecule has 1 aliphatic heterocycles. The molecule has 1 amide bonds. The summed E-state index contributed by atoms with van der Waals surface area (Å²) < 4.78 is 10.6. The molecule has 1 aliphatic rings. The van der Waals surface area contributed by atoms with Crippen molar-refractivity contribution in [2.24, 2.45) is 0 Å². The van der Waals surface area contributed by atoms with E-state index in [1.807, 2.05) is 12.1 Å². The van der Waals surface area contributed by atoms with Crippen molar-refractivity contribution in [2.45, 2.75) is 13.1 Å². The Labute approximate surface area is 158 Å². The van der Waals surface area contributed by atoms with Crippen LogP contribution in [0.25, 0.3) is 0 Å². The van der Waals surface area contributed by atoms with Crippen molar-refractivity contribution in [3.8, 4) is 5.75 Å². The van der Waals surface area contributed by atoms with Crippen molar-refractivity contribution >= 4 is 17.5 Å². The van der Waals surface area contributed by atoms with Crippen LogP contribution in [0.3, 0.4) is 0 Å². The van der Waals surface area contributed by atoms with Gasteiger partial charge in [0.1, 0.15) is 5.75 Å². The molecule has 0 spiro atoms. The molecule has 0 aromatic heterocycles. The molecule has 0 unspecified atom stereocenters. The molecule has 1 N–H and O–H groups in total. The predicted octanol–water partition coefficient (Wildman–Crippen LogP) is 3.11. The molecule has 26 heavy (non-hydrogen) atoms. The Morgan fingerprint density at radius 3 is 2.73 bits per heavy atom. The van der Waals surface area contributed by atoms with Crippen LogP contribution in [0, 0.1) is 0 Å². The van der Waals surface area contributed by atoms with Crippen molar-refractivity contribution < 1.29 is 14.3 Å². The maximum absolute atomic E-state index is 12.5. The van der Waals surface area contributed by atoms with Crippen LogP contribution in [0.4, 0.5) is 0 Å². The summed E-state index contributed by atoms with van der Waals surface area (Å²) >= 11 is 6.00. The van der Waals surface area contributed by atoms with E-state index >= 15 is 0 Å². The molecule has 2 aromatic rings. The van der Waals surface area contributed by atoms with Crippen molar-refractivity contribution in [2.75, 3.05) is 33.4 Å². The average Bonchev–Trinajstić information content (AvgIpc) is 2.67. The van der Waals surface area contributed by atoms with Gasteiger partial charge in [0.2, 0.25) is 0 Å². The first-order valence-electron chi connectivity index (χ1n) is 8.65. The fraction of sp³-hybridized carbons (Fsp3) is 0.350. The topological polar surface area (TPSA) is 50.8 Å². The van der Waals surface area contributed by atoms with Gasteiger partial charge in [-0.1, -0.05) is 35.9 Å². The molecule has 0 aliphatic carbocycles. The summed E-state index contributed by atoms with van der Waals surface area (Å²) in [5.74, 6) is 0.302. The SMILES string of the molecule is COc1ccc(Cl)cc1C(=O)NCc1cccc(CN2CCOCC2)c1. The number of ether oxygens (including phenoxy) is 2. The Balaban J connectivity index is 1.61. The number of hydrogen-bond donors (Lipinski definition) is 1. The fourth-order valence-electron chi connectivity index (χ4n) is 2.99. The zero-order chi connectivity index (χ0) is 18.4. The smallest absolute Gasteiger partial charge is 0.255 e. The van der Waals surface area contributed by atoms with Gasteiger partial charge in [-0.2, -0.15) is 0 Å². The molecule has 1 fully saturated rings. The third-order valence-electron chi connectivity index (χ3n) is 4.36. The van der Waals surface area contributed by atoms with Gasteiger partial charge in [0.25, 0.3) is 5.91 Å². The molecule has 3 rings (SSSR count). The highest BCUT2D eigenvalue weighted by Gasteiger charge is 2.13. The molecular formula is C20H23ClN2O3. The molecule has 0 saturated carbocycles. The molecule has 1 heterocycles. The van der Waals surface area contributed by atoms with E-state index in [9.17, 15) is 4.79 Å². The minimum atomic E-state index is -0.206. The molecule has 138 valence electrons. The minimum absolute atomic E-state index is 0.206. The largest absolute Gasteiger partial charge is 0.496 e. The van der Waals surface area contributed by atoms with Crippen molar-refractivity contribution in [1.29, 1.82) is 0 Å². The van der Waals surface area contributed by atoms with Gasteiger partial charge < -0.3 is 14.8 Å². The highest BCUT2D eigenvalue weighted by molar-refractivity contribution is 6.31. The van der Waals surface area contributed by atoms with Crippen LogP contribution in [0.5, 0.6) is 5.75 Å². The van der Waals surface area contributed by atoms with E-state index in [1.54, 1.807) is 18.2 Å².